The van der Waals surface area contributed by atoms with E-state index in [1.165, 1.54) is 36.4 Å². The zero-order chi connectivity index (χ0) is 30.5. The van der Waals surface area contributed by atoms with Crippen molar-refractivity contribution in [3.05, 3.63) is 84.4 Å². The topological polar surface area (TPSA) is 203 Å². The SMILES string of the molecule is NS(=O)(=O)c1ccc(Nc2nc(NCCOCCOCCNC(=O)c3ccccc3)nc(Nc3ccc(O)cc3)n2)cc1. The van der Waals surface area contributed by atoms with Gasteiger partial charge >= 0.3 is 0 Å². The Balaban J connectivity index is 1.24. The van der Waals surface area contributed by atoms with Crippen molar-refractivity contribution in [2.24, 2.45) is 5.14 Å². The highest BCUT2D eigenvalue weighted by atomic mass is 32.2. The van der Waals surface area contributed by atoms with Gasteiger partial charge in [0.05, 0.1) is 31.3 Å². The molecular formula is C28H32N8O6S. The van der Waals surface area contributed by atoms with Crippen LogP contribution in [0.25, 0.3) is 0 Å². The molecule has 0 unspecified atom stereocenters. The smallest absolute Gasteiger partial charge is 0.251 e. The Bertz CT molecular complexity index is 1570. The maximum Gasteiger partial charge on any atom is 0.251 e. The summed E-state index contributed by atoms with van der Waals surface area (Å²) in [6.07, 6.45) is 0. The van der Waals surface area contributed by atoms with Crippen LogP contribution in [0.1, 0.15) is 10.4 Å². The fraction of sp³-hybridized carbons (Fsp3) is 0.214. The first kappa shape index (κ1) is 31.1. The van der Waals surface area contributed by atoms with E-state index in [0.717, 1.165) is 0 Å². The molecule has 226 valence electrons. The number of sulfonamides is 1. The fourth-order valence-electron chi connectivity index (χ4n) is 3.58. The van der Waals surface area contributed by atoms with Gasteiger partial charge in [0.25, 0.3) is 5.91 Å². The standard InChI is InChI=1S/C28H32N8O6S/c29-43(39,40)24-12-8-22(9-13-24)33-28-35-26(34-27(36-28)32-21-6-10-23(37)11-7-21)31-15-17-42-19-18-41-16-14-30-25(38)20-4-2-1-3-5-20/h1-13,37H,14-19H2,(H,30,38)(H2,29,39,40)(H3,31,32,33,34,35,36). The van der Waals surface area contributed by atoms with Gasteiger partial charge in [0, 0.05) is 30.0 Å². The zero-order valence-corrected chi connectivity index (χ0v) is 23.9. The molecule has 0 fully saturated rings. The number of rotatable bonds is 16. The zero-order valence-electron chi connectivity index (χ0n) is 23.1. The number of aromatic hydroxyl groups is 1. The third kappa shape index (κ3) is 10.5. The quantitative estimate of drug-likeness (QED) is 0.0803. The highest BCUT2D eigenvalue weighted by Gasteiger charge is 2.10. The van der Waals surface area contributed by atoms with E-state index in [2.05, 4.69) is 36.2 Å². The van der Waals surface area contributed by atoms with Crippen molar-refractivity contribution in [3.63, 3.8) is 0 Å². The number of nitrogens with one attached hydrogen (secondary N) is 4. The van der Waals surface area contributed by atoms with E-state index < -0.39 is 10.0 Å². The van der Waals surface area contributed by atoms with E-state index in [1.807, 2.05) is 18.2 Å². The first-order valence-corrected chi connectivity index (χ1v) is 14.8. The van der Waals surface area contributed by atoms with Gasteiger partial charge in [-0.05, 0) is 60.7 Å². The molecule has 0 aliphatic rings. The van der Waals surface area contributed by atoms with E-state index in [4.69, 9.17) is 14.6 Å². The van der Waals surface area contributed by atoms with Gasteiger partial charge in [-0.2, -0.15) is 15.0 Å². The average Bonchev–Trinajstić information content (AvgIpc) is 2.99. The van der Waals surface area contributed by atoms with Crippen LogP contribution < -0.4 is 26.4 Å². The van der Waals surface area contributed by atoms with Gasteiger partial charge in [0.2, 0.25) is 27.9 Å². The lowest BCUT2D eigenvalue weighted by molar-refractivity contribution is 0.0519. The Kier molecular flexibility index (Phi) is 11.2. The number of primary sulfonamides is 1. The molecule has 0 saturated carbocycles. The number of nitrogens with two attached hydrogens (primary N) is 1. The second kappa shape index (κ2) is 15.4. The molecule has 1 heterocycles. The van der Waals surface area contributed by atoms with Crippen molar-refractivity contribution in [3.8, 4) is 5.75 Å². The summed E-state index contributed by atoms with van der Waals surface area (Å²) in [5, 5.41) is 26.7. The molecule has 1 amide bonds. The first-order chi connectivity index (χ1) is 20.8. The van der Waals surface area contributed by atoms with Gasteiger partial charge < -0.3 is 35.8 Å². The van der Waals surface area contributed by atoms with Crippen molar-refractivity contribution in [1.29, 1.82) is 0 Å². The fourth-order valence-corrected chi connectivity index (χ4v) is 4.10. The summed E-state index contributed by atoms with van der Waals surface area (Å²) in [6, 6.07) is 21.2. The normalized spacial score (nSPS) is 11.1. The molecule has 0 radical (unpaired) electrons. The monoisotopic (exact) mass is 608 g/mol. The summed E-state index contributed by atoms with van der Waals surface area (Å²) >= 11 is 0. The second-order valence-corrected chi connectivity index (χ2v) is 10.5. The number of amides is 1. The van der Waals surface area contributed by atoms with Crippen LogP contribution in [-0.4, -0.2) is 73.9 Å². The molecule has 4 aromatic rings. The number of aromatic nitrogens is 3. The molecule has 0 saturated heterocycles. The molecule has 0 spiro atoms. The van der Waals surface area contributed by atoms with Crippen LogP contribution in [-0.2, 0) is 19.5 Å². The first-order valence-electron chi connectivity index (χ1n) is 13.2. The number of ether oxygens (including phenoxy) is 2. The number of phenols is 1. The van der Waals surface area contributed by atoms with Crippen LogP contribution in [0, 0.1) is 0 Å². The molecule has 4 rings (SSSR count). The van der Waals surface area contributed by atoms with Crippen molar-refractivity contribution < 1.29 is 27.8 Å². The third-order valence-corrected chi connectivity index (χ3v) is 6.60. The molecule has 0 aliphatic heterocycles. The van der Waals surface area contributed by atoms with Gasteiger partial charge in [0.15, 0.2) is 0 Å². The summed E-state index contributed by atoms with van der Waals surface area (Å²) in [6.45, 7) is 2.22. The number of anilines is 5. The number of phenolic OH excluding ortho intramolecular Hbond substituents is 1. The number of hydrogen-bond acceptors (Lipinski definition) is 12. The molecule has 0 atom stereocenters. The van der Waals surface area contributed by atoms with Crippen molar-refractivity contribution in [2.75, 3.05) is 55.5 Å². The maximum atomic E-state index is 12.0. The van der Waals surface area contributed by atoms with E-state index in [1.54, 1.807) is 24.3 Å². The van der Waals surface area contributed by atoms with Gasteiger partial charge in [0.1, 0.15) is 5.75 Å². The van der Waals surface area contributed by atoms with Crippen molar-refractivity contribution >= 4 is 45.2 Å². The Hall–Kier alpha value is -4.83. The number of nitrogens with zero attached hydrogens (tertiary/aromatic N) is 3. The van der Waals surface area contributed by atoms with Crippen LogP contribution in [0.15, 0.2) is 83.8 Å². The van der Waals surface area contributed by atoms with Gasteiger partial charge in [-0.1, -0.05) is 18.2 Å². The lowest BCUT2D eigenvalue weighted by Gasteiger charge is -2.12. The number of carbonyl (C=O) groups excluding carboxylic acids is 1. The lowest BCUT2D eigenvalue weighted by Crippen LogP contribution is -2.27. The maximum absolute atomic E-state index is 12.0. The predicted molar refractivity (Wildman–Crippen MR) is 161 cm³/mol. The number of carbonyl (C=O) groups is 1. The Morgan fingerprint density at radius 1 is 0.721 bits per heavy atom. The molecule has 7 N–H and O–H groups in total. The molecule has 3 aromatic carbocycles. The number of hydrogen-bond donors (Lipinski definition) is 6. The second-order valence-electron chi connectivity index (χ2n) is 8.95. The van der Waals surface area contributed by atoms with Gasteiger partial charge in [-0.15, -0.1) is 0 Å². The Labute approximate surface area is 248 Å². The molecular weight excluding hydrogens is 576 g/mol. The van der Waals surface area contributed by atoms with Crippen molar-refractivity contribution in [2.45, 2.75) is 4.90 Å². The van der Waals surface area contributed by atoms with Gasteiger partial charge in [-0.25, -0.2) is 13.6 Å². The van der Waals surface area contributed by atoms with Crippen LogP contribution >= 0.6 is 0 Å². The average molecular weight is 609 g/mol. The van der Waals surface area contributed by atoms with Crippen LogP contribution in [0.3, 0.4) is 0 Å². The molecule has 1 aromatic heterocycles. The predicted octanol–water partition coefficient (Wildman–Crippen LogP) is 2.59. The lowest BCUT2D eigenvalue weighted by atomic mass is 10.2. The van der Waals surface area contributed by atoms with Gasteiger partial charge in [-0.3, -0.25) is 4.79 Å². The largest absolute Gasteiger partial charge is 0.508 e. The van der Waals surface area contributed by atoms with Crippen LogP contribution in [0.4, 0.5) is 29.2 Å². The van der Waals surface area contributed by atoms with E-state index in [-0.39, 0.29) is 34.4 Å². The number of benzene rings is 3. The summed E-state index contributed by atoms with van der Waals surface area (Å²) in [5.74, 6) is 0.643. The van der Waals surface area contributed by atoms with E-state index in [0.29, 0.717) is 56.5 Å². The van der Waals surface area contributed by atoms with Crippen molar-refractivity contribution in [1.82, 2.24) is 20.3 Å². The summed E-state index contributed by atoms with van der Waals surface area (Å²) in [5.41, 5.74) is 1.77. The molecule has 0 bridgehead atoms. The molecule has 15 heteroatoms. The summed E-state index contributed by atoms with van der Waals surface area (Å²) in [4.78, 5) is 25.1. The molecule has 14 nitrogen and oxygen atoms in total. The van der Waals surface area contributed by atoms with Crippen LogP contribution in [0.5, 0.6) is 5.75 Å². The summed E-state index contributed by atoms with van der Waals surface area (Å²) < 4.78 is 34.2. The highest BCUT2D eigenvalue weighted by Crippen LogP contribution is 2.21. The molecule has 0 aliphatic carbocycles. The molecule has 43 heavy (non-hydrogen) atoms. The minimum Gasteiger partial charge on any atom is -0.508 e. The summed E-state index contributed by atoms with van der Waals surface area (Å²) in [7, 11) is -3.82. The van der Waals surface area contributed by atoms with Crippen LogP contribution in [0.2, 0.25) is 0 Å². The minimum atomic E-state index is -3.82. The highest BCUT2D eigenvalue weighted by molar-refractivity contribution is 7.89. The Morgan fingerprint density at radius 2 is 1.26 bits per heavy atom. The third-order valence-electron chi connectivity index (χ3n) is 5.67. The minimum absolute atomic E-state index is 0.0223. The Morgan fingerprint density at radius 3 is 1.84 bits per heavy atom. The van der Waals surface area contributed by atoms with E-state index in [9.17, 15) is 18.3 Å². The van der Waals surface area contributed by atoms with E-state index >= 15 is 0 Å².